The highest BCUT2D eigenvalue weighted by atomic mass is 19.1. The van der Waals surface area contributed by atoms with Crippen LogP contribution in [0.15, 0.2) is 54.6 Å². The fourth-order valence-electron chi connectivity index (χ4n) is 2.28. The van der Waals surface area contributed by atoms with Gasteiger partial charge in [0, 0.05) is 18.0 Å². The summed E-state index contributed by atoms with van der Waals surface area (Å²) in [6, 6.07) is 14.7. The average Bonchev–Trinajstić information content (AvgIpc) is 2.57. The van der Waals surface area contributed by atoms with E-state index in [1.54, 1.807) is 18.2 Å². The van der Waals surface area contributed by atoms with Crippen LogP contribution < -0.4 is 10.6 Å². The third-order valence-corrected chi connectivity index (χ3v) is 3.37. The Bertz CT molecular complexity index is 940. The van der Waals surface area contributed by atoms with Crippen molar-refractivity contribution in [2.75, 3.05) is 10.6 Å². The molecule has 0 bridgehead atoms. The van der Waals surface area contributed by atoms with Crippen molar-refractivity contribution in [3.8, 4) is 0 Å². The molecule has 2 amide bonds. The van der Waals surface area contributed by atoms with E-state index in [1.807, 2.05) is 18.2 Å². The van der Waals surface area contributed by atoms with E-state index in [-0.39, 0.29) is 17.3 Å². The molecule has 24 heavy (non-hydrogen) atoms. The molecular formula is C18H14FN3O2. The summed E-state index contributed by atoms with van der Waals surface area (Å²) < 4.78 is 13.9. The number of rotatable bonds is 3. The molecule has 6 heteroatoms. The first-order valence-electron chi connectivity index (χ1n) is 7.27. The highest BCUT2D eigenvalue weighted by Crippen LogP contribution is 2.21. The molecule has 0 radical (unpaired) electrons. The summed E-state index contributed by atoms with van der Waals surface area (Å²) in [6.45, 7) is 1.35. The third-order valence-electron chi connectivity index (χ3n) is 3.37. The van der Waals surface area contributed by atoms with E-state index in [1.165, 1.54) is 25.1 Å². The van der Waals surface area contributed by atoms with Gasteiger partial charge in [-0.15, -0.1) is 0 Å². The lowest BCUT2D eigenvalue weighted by Crippen LogP contribution is -2.15. The number of para-hydroxylation sites is 1. The highest BCUT2D eigenvalue weighted by molar-refractivity contribution is 6.04. The summed E-state index contributed by atoms with van der Waals surface area (Å²) in [5, 5.41) is 5.92. The van der Waals surface area contributed by atoms with Gasteiger partial charge in [-0.2, -0.15) is 0 Å². The van der Waals surface area contributed by atoms with Crippen LogP contribution >= 0.6 is 0 Å². The first-order valence-corrected chi connectivity index (χ1v) is 7.27. The molecule has 0 aliphatic carbocycles. The number of hydrogen-bond acceptors (Lipinski definition) is 3. The highest BCUT2D eigenvalue weighted by Gasteiger charge is 2.12. The van der Waals surface area contributed by atoms with Gasteiger partial charge < -0.3 is 10.6 Å². The Morgan fingerprint density at radius 2 is 1.79 bits per heavy atom. The van der Waals surface area contributed by atoms with Crippen molar-refractivity contribution < 1.29 is 14.0 Å². The molecule has 0 saturated carbocycles. The van der Waals surface area contributed by atoms with Crippen LogP contribution in [0, 0.1) is 5.82 Å². The minimum Gasteiger partial charge on any atom is -0.326 e. The lowest BCUT2D eigenvalue weighted by molar-refractivity contribution is -0.114. The molecule has 1 aromatic heterocycles. The summed E-state index contributed by atoms with van der Waals surface area (Å²) in [4.78, 5) is 27.7. The van der Waals surface area contributed by atoms with Gasteiger partial charge in [-0.1, -0.05) is 24.3 Å². The number of halogens is 1. The Morgan fingerprint density at radius 1 is 1.00 bits per heavy atom. The van der Waals surface area contributed by atoms with E-state index in [0.29, 0.717) is 11.2 Å². The van der Waals surface area contributed by atoms with Gasteiger partial charge in [-0.3, -0.25) is 9.59 Å². The number of benzene rings is 2. The predicted molar refractivity (Wildman–Crippen MR) is 90.4 cm³/mol. The Hall–Kier alpha value is -3.28. The topological polar surface area (TPSA) is 71.1 Å². The number of hydrogen-bond donors (Lipinski definition) is 2. The Labute approximate surface area is 137 Å². The first-order chi connectivity index (χ1) is 11.5. The second kappa shape index (κ2) is 6.45. The van der Waals surface area contributed by atoms with Crippen molar-refractivity contribution >= 4 is 34.1 Å². The molecule has 0 unspecified atom stereocenters. The minimum absolute atomic E-state index is 0.0267. The predicted octanol–water partition coefficient (Wildman–Crippen LogP) is 3.58. The number of pyridine rings is 1. The van der Waals surface area contributed by atoms with Gasteiger partial charge in [0.25, 0.3) is 5.91 Å². The van der Waals surface area contributed by atoms with Crippen LogP contribution in [0.2, 0.25) is 0 Å². The van der Waals surface area contributed by atoms with Crippen molar-refractivity contribution in [2.45, 2.75) is 6.92 Å². The monoisotopic (exact) mass is 323 g/mol. The summed E-state index contributed by atoms with van der Waals surface area (Å²) in [7, 11) is 0. The Kier molecular flexibility index (Phi) is 4.20. The molecule has 3 aromatic rings. The van der Waals surface area contributed by atoms with Crippen LogP contribution in [0.3, 0.4) is 0 Å². The summed E-state index contributed by atoms with van der Waals surface area (Å²) in [5.41, 5.74) is 1.22. The van der Waals surface area contributed by atoms with Crippen molar-refractivity contribution in [1.82, 2.24) is 4.98 Å². The van der Waals surface area contributed by atoms with E-state index in [0.717, 1.165) is 5.39 Å². The molecule has 2 N–H and O–H groups in total. The van der Waals surface area contributed by atoms with Gasteiger partial charge in [0.1, 0.15) is 11.5 Å². The SMILES string of the molecule is CC(=O)Nc1ccc(F)c(NC(=O)c2ccc3ccccc3n2)c1. The van der Waals surface area contributed by atoms with Crippen LogP contribution in [0.25, 0.3) is 10.9 Å². The molecule has 0 saturated heterocycles. The average molecular weight is 323 g/mol. The van der Waals surface area contributed by atoms with Gasteiger partial charge in [-0.05, 0) is 30.3 Å². The maximum Gasteiger partial charge on any atom is 0.274 e. The molecule has 0 atom stereocenters. The normalized spacial score (nSPS) is 10.4. The third kappa shape index (κ3) is 3.38. The van der Waals surface area contributed by atoms with Crippen LogP contribution in [-0.4, -0.2) is 16.8 Å². The van der Waals surface area contributed by atoms with E-state index in [9.17, 15) is 14.0 Å². The first kappa shape index (κ1) is 15.6. The number of fused-ring (bicyclic) bond motifs is 1. The zero-order valence-corrected chi connectivity index (χ0v) is 12.8. The molecular weight excluding hydrogens is 309 g/mol. The fourth-order valence-corrected chi connectivity index (χ4v) is 2.28. The van der Waals surface area contributed by atoms with Crippen LogP contribution in [0.5, 0.6) is 0 Å². The molecule has 5 nitrogen and oxygen atoms in total. The molecule has 0 fully saturated rings. The molecule has 120 valence electrons. The number of carbonyl (C=O) groups excluding carboxylic acids is 2. The fraction of sp³-hybridized carbons (Fsp3) is 0.0556. The molecule has 1 heterocycles. The summed E-state index contributed by atoms with van der Waals surface area (Å²) >= 11 is 0. The Morgan fingerprint density at radius 3 is 2.58 bits per heavy atom. The number of nitrogens with zero attached hydrogens (tertiary/aromatic N) is 1. The standard InChI is InChI=1S/C18H14FN3O2/c1-11(23)20-13-7-8-14(19)17(10-13)22-18(24)16-9-6-12-4-2-3-5-15(12)21-16/h2-10H,1H3,(H,20,23)(H,22,24). The van der Waals surface area contributed by atoms with E-state index < -0.39 is 11.7 Å². The number of amides is 2. The van der Waals surface area contributed by atoms with E-state index >= 15 is 0 Å². The maximum absolute atomic E-state index is 13.9. The van der Waals surface area contributed by atoms with Gasteiger partial charge in [0.2, 0.25) is 5.91 Å². The van der Waals surface area contributed by atoms with E-state index in [4.69, 9.17) is 0 Å². The minimum atomic E-state index is -0.599. The quantitative estimate of drug-likeness (QED) is 0.774. The molecule has 2 aromatic carbocycles. The number of carbonyl (C=O) groups is 2. The Balaban J connectivity index is 1.86. The second-order valence-electron chi connectivity index (χ2n) is 5.22. The summed E-state index contributed by atoms with van der Waals surface area (Å²) in [6.07, 6.45) is 0. The van der Waals surface area contributed by atoms with Crippen molar-refractivity contribution in [3.63, 3.8) is 0 Å². The van der Waals surface area contributed by atoms with Crippen molar-refractivity contribution in [3.05, 3.63) is 66.1 Å². The number of anilines is 2. The zero-order chi connectivity index (χ0) is 17.1. The number of nitrogens with one attached hydrogen (secondary N) is 2. The second-order valence-corrected chi connectivity index (χ2v) is 5.22. The lowest BCUT2D eigenvalue weighted by atomic mass is 10.2. The molecule has 3 rings (SSSR count). The van der Waals surface area contributed by atoms with Gasteiger partial charge in [-0.25, -0.2) is 9.37 Å². The van der Waals surface area contributed by atoms with Crippen LogP contribution in [-0.2, 0) is 4.79 Å². The van der Waals surface area contributed by atoms with Crippen LogP contribution in [0.4, 0.5) is 15.8 Å². The zero-order valence-electron chi connectivity index (χ0n) is 12.8. The summed E-state index contributed by atoms with van der Waals surface area (Å²) in [5.74, 6) is -1.41. The van der Waals surface area contributed by atoms with Crippen LogP contribution in [0.1, 0.15) is 17.4 Å². The molecule has 0 spiro atoms. The molecule has 0 aliphatic heterocycles. The van der Waals surface area contributed by atoms with Gasteiger partial charge in [0.15, 0.2) is 0 Å². The van der Waals surface area contributed by atoms with Crippen molar-refractivity contribution in [1.29, 1.82) is 0 Å². The molecule has 0 aliphatic rings. The largest absolute Gasteiger partial charge is 0.326 e. The van der Waals surface area contributed by atoms with E-state index in [2.05, 4.69) is 15.6 Å². The van der Waals surface area contributed by atoms with Crippen molar-refractivity contribution in [2.24, 2.45) is 0 Å². The smallest absolute Gasteiger partial charge is 0.274 e. The number of aromatic nitrogens is 1. The van der Waals surface area contributed by atoms with Gasteiger partial charge >= 0.3 is 0 Å². The van der Waals surface area contributed by atoms with Gasteiger partial charge in [0.05, 0.1) is 11.2 Å². The maximum atomic E-state index is 13.9. The lowest BCUT2D eigenvalue weighted by Gasteiger charge is -2.09.